The normalized spacial score (nSPS) is 13.6. The molecule has 2 heteroatoms. The highest BCUT2D eigenvalue weighted by atomic mass is 14.9. The second-order valence-electron chi connectivity index (χ2n) is 5.52. The van der Waals surface area contributed by atoms with Gasteiger partial charge in [0.2, 0.25) is 0 Å². The molecule has 0 radical (unpaired) electrons. The molecule has 0 amide bonds. The number of rotatable bonds is 7. The first-order valence-corrected chi connectivity index (χ1v) is 6.19. The Balaban J connectivity index is 3.97. The van der Waals surface area contributed by atoms with E-state index in [-0.39, 0.29) is 0 Å². The van der Waals surface area contributed by atoms with Crippen LogP contribution >= 0.6 is 0 Å². The lowest BCUT2D eigenvalue weighted by molar-refractivity contribution is 0.333. The molecule has 2 nitrogen and oxygen atoms in total. The lowest BCUT2D eigenvalue weighted by atomic mass is 9.87. The average Bonchev–Trinajstić information content (AvgIpc) is 2.14. The van der Waals surface area contributed by atoms with Crippen LogP contribution in [0, 0.1) is 11.3 Å². The Labute approximate surface area is 95.4 Å². The van der Waals surface area contributed by atoms with Crippen LogP contribution in [0.2, 0.25) is 0 Å². The number of hydrogen-bond acceptors (Lipinski definition) is 1. The summed E-state index contributed by atoms with van der Waals surface area (Å²) in [4.78, 5) is 4.47. The van der Waals surface area contributed by atoms with Crippen molar-refractivity contribution in [2.24, 2.45) is 22.1 Å². The first kappa shape index (κ1) is 14.5. The van der Waals surface area contributed by atoms with Crippen LogP contribution < -0.4 is 5.73 Å². The van der Waals surface area contributed by atoms with Gasteiger partial charge in [-0.3, -0.25) is 4.99 Å². The van der Waals surface area contributed by atoms with Gasteiger partial charge in [-0.2, -0.15) is 0 Å². The molecule has 0 aromatic heterocycles. The van der Waals surface area contributed by atoms with E-state index in [0.29, 0.717) is 11.3 Å². The zero-order valence-corrected chi connectivity index (χ0v) is 11.1. The Hall–Kier alpha value is -0.530. The maximum Gasteiger partial charge on any atom is 0.0963 e. The van der Waals surface area contributed by atoms with Gasteiger partial charge in [-0.1, -0.05) is 53.9 Å². The highest BCUT2D eigenvalue weighted by Crippen LogP contribution is 2.24. The summed E-state index contributed by atoms with van der Waals surface area (Å²) in [6, 6.07) is 0. The third-order valence-electron chi connectivity index (χ3n) is 2.74. The fraction of sp³-hybridized carbons (Fsp3) is 0.923. The fourth-order valence-electron chi connectivity index (χ4n) is 1.42. The highest BCUT2D eigenvalue weighted by Gasteiger charge is 2.16. The number of amidine groups is 1. The lowest BCUT2D eigenvalue weighted by Crippen LogP contribution is -2.23. The van der Waals surface area contributed by atoms with Gasteiger partial charge in [0.05, 0.1) is 5.84 Å². The van der Waals surface area contributed by atoms with Crippen molar-refractivity contribution in [2.75, 3.05) is 6.54 Å². The Morgan fingerprint density at radius 2 is 1.87 bits per heavy atom. The highest BCUT2D eigenvalue weighted by molar-refractivity contribution is 5.82. The van der Waals surface area contributed by atoms with Crippen molar-refractivity contribution >= 4 is 5.84 Å². The van der Waals surface area contributed by atoms with E-state index in [1.165, 1.54) is 25.7 Å². The lowest BCUT2D eigenvalue weighted by Gasteiger charge is -2.22. The molecule has 0 spiro atoms. The fourth-order valence-corrected chi connectivity index (χ4v) is 1.42. The molecule has 0 atom stereocenters. The van der Waals surface area contributed by atoms with Gasteiger partial charge in [-0.15, -0.1) is 0 Å². The van der Waals surface area contributed by atoms with E-state index in [1.54, 1.807) is 0 Å². The largest absolute Gasteiger partial charge is 0.387 e. The van der Waals surface area contributed by atoms with E-state index in [4.69, 9.17) is 5.73 Å². The Morgan fingerprint density at radius 3 is 2.33 bits per heavy atom. The molecule has 0 aromatic rings. The molecule has 2 N–H and O–H groups in total. The minimum atomic E-state index is 0.300. The quantitative estimate of drug-likeness (QED) is 0.391. The van der Waals surface area contributed by atoms with E-state index in [2.05, 4.69) is 39.6 Å². The topological polar surface area (TPSA) is 38.4 Å². The van der Waals surface area contributed by atoms with Gasteiger partial charge in [-0.25, -0.2) is 0 Å². The smallest absolute Gasteiger partial charge is 0.0963 e. The van der Waals surface area contributed by atoms with Crippen molar-refractivity contribution in [2.45, 2.75) is 60.3 Å². The zero-order chi connectivity index (χ0) is 11.9. The Bertz CT molecular complexity index is 193. The van der Waals surface area contributed by atoms with Crippen LogP contribution in [0.4, 0.5) is 0 Å². The summed E-state index contributed by atoms with van der Waals surface area (Å²) < 4.78 is 0. The van der Waals surface area contributed by atoms with Crippen LogP contribution in [-0.2, 0) is 0 Å². The van der Waals surface area contributed by atoms with Crippen molar-refractivity contribution in [3.05, 3.63) is 0 Å². The summed E-state index contributed by atoms with van der Waals surface area (Å²) in [6.07, 6.45) is 5.16. The predicted molar refractivity (Wildman–Crippen MR) is 69.3 cm³/mol. The van der Waals surface area contributed by atoms with E-state index in [1.807, 2.05) is 0 Å². The molecule has 0 unspecified atom stereocenters. The second kappa shape index (κ2) is 6.86. The van der Waals surface area contributed by atoms with Crippen molar-refractivity contribution in [3.63, 3.8) is 0 Å². The van der Waals surface area contributed by atoms with Gasteiger partial charge < -0.3 is 5.73 Å². The summed E-state index contributed by atoms with van der Waals surface area (Å²) in [5.74, 6) is 1.16. The van der Waals surface area contributed by atoms with Crippen LogP contribution in [0.5, 0.6) is 0 Å². The first-order valence-electron chi connectivity index (χ1n) is 6.19. The van der Waals surface area contributed by atoms with Gasteiger partial charge in [0.25, 0.3) is 0 Å². The van der Waals surface area contributed by atoms with Gasteiger partial charge in [0, 0.05) is 12.5 Å². The summed E-state index contributed by atoms with van der Waals surface area (Å²) in [5.41, 5.74) is 6.13. The van der Waals surface area contributed by atoms with Crippen molar-refractivity contribution in [3.8, 4) is 0 Å². The number of nitrogens with two attached hydrogens (primary N) is 1. The Kier molecular flexibility index (Phi) is 6.62. The predicted octanol–water partition coefficient (Wildman–Crippen LogP) is 3.61. The number of hydrogen-bond donors (Lipinski definition) is 1. The molecule has 0 heterocycles. The van der Waals surface area contributed by atoms with Crippen molar-refractivity contribution in [1.29, 1.82) is 0 Å². The molecule has 0 fully saturated rings. The average molecular weight is 212 g/mol. The molecule has 0 aromatic carbocycles. The monoisotopic (exact) mass is 212 g/mol. The molecule has 0 saturated carbocycles. The summed E-state index contributed by atoms with van der Waals surface area (Å²) in [6.45, 7) is 11.8. The molecular formula is C13H28N2. The molecule has 0 rings (SSSR count). The molecule has 0 bridgehead atoms. The van der Waals surface area contributed by atoms with E-state index < -0.39 is 0 Å². The van der Waals surface area contributed by atoms with E-state index >= 15 is 0 Å². The van der Waals surface area contributed by atoms with Crippen LogP contribution in [0.1, 0.15) is 60.3 Å². The summed E-state index contributed by atoms with van der Waals surface area (Å²) >= 11 is 0. The summed E-state index contributed by atoms with van der Waals surface area (Å²) in [5, 5.41) is 0. The molecule has 90 valence electrons. The minimum absolute atomic E-state index is 0.300. The third-order valence-corrected chi connectivity index (χ3v) is 2.74. The molecular weight excluding hydrogens is 184 g/mol. The maximum absolute atomic E-state index is 5.83. The van der Waals surface area contributed by atoms with Crippen LogP contribution in [0.15, 0.2) is 4.99 Å². The molecule has 0 aliphatic carbocycles. The van der Waals surface area contributed by atoms with Gasteiger partial charge in [0.1, 0.15) is 0 Å². The first-order chi connectivity index (χ1) is 6.89. The van der Waals surface area contributed by atoms with Crippen LogP contribution in [0.3, 0.4) is 0 Å². The number of nitrogens with zero attached hydrogens (tertiary/aromatic N) is 1. The molecule has 0 aliphatic rings. The zero-order valence-electron chi connectivity index (χ0n) is 11.1. The Morgan fingerprint density at radius 1 is 1.27 bits per heavy atom. The number of aliphatic imine (C=N–C) groups is 1. The van der Waals surface area contributed by atoms with E-state index in [9.17, 15) is 0 Å². The van der Waals surface area contributed by atoms with Crippen molar-refractivity contribution < 1.29 is 0 Å². The third kappa shape index (κ3) is 7.40. The van der Waals surface area contributed by atoms with Gasteiger partial charge >= 0.3 is 0 Å². The maximum atomic E-state index is 5.83. The molecule has 0 aliphatic heterocycles. The molecule has 15 heavy (non-hydrogen) atoms. The second-order valence-corrected chi connectivity index (χ2v) is 5.52. The molecule has 0 saturated heterocycles. The minimum Gasteiger partial charge on any atom is -0.387 e. The van der Waals surface area contributed by atoms with Crippen LogP contribution in [0.25, 0.3) is 0 Å². The van der Waals surface area contributed by atoms with Crippen molar-refractivity contribution in [1.82, 2.24) is 0 Å². The van der Waals surface area contributed by atoms with Gasteiger partial charge in [-0.05, 0) is 11.8 Å². The summed E-state index contributed by atoms with van der Waals surface area (Å²) in [7, 11) is 0. The van der Waals surface area contributed by atoms with E-state index in [0.717, 1.165) is 12.4 Å². The SMILES string of the molecule is CCCCCC(C)(C)CN=C(N)C(C)C. The van der Waals surface area contributed by atoms with Crippen LogP contribution in [-0.4, -0.2) is 12.4 Å². The number of unbranched alkanes of at least 4 members (excludes halogenated alkanes) is 2. The van der Waals surface area contributed by atoms with Gasteiger partial charge in [0.15, 0.2) is 0 Å². The standard InChI is InChI=1S/C13H28N2/c1-6-7-8-9-13(4,5)10-15-12(14)11(2)3/h11H,6-10H2,1-5H3,(H2,14,15).